The number of rotatable bonds is 1. The van der Waals surface area contributed by atoms with Crippen LogP contribution in [0, 0.1) is 6.92 Å². The highest BCUT2D eigenvalue weighted by Gasteiger charge is 2.34. The van der Waals surface area contributed by atoms with E-state index in [2.05, 4.69) is 0 Å². The summed E-state index contributed by atoms with van der Waals surface area (Å²) in [6, 6.07) is 6.09. The van der Waals surface area contributed by atoms with Gasteiger partial charge in [0.25, 0.3) is 5.56 Å². The molecule has 0 saturated carbocycles. The second kappa shape index (κ2) is 5.51. The molecule has 1 aromatic heterocycles. The minimum absolute atomic E-state index is 0.0866. The normalized spacial score (nSPS) is 17.4. The highest BCUT2D eigenvalue weighted by Crippen LogP contribution is 2.38. The number of aromatic nitrogens is 1. The number of fused-ring (bicyclic) bond motifs is 1. The smallest absolute Gasteiger partial charge is 0.416 e. The number of hydrogen-bond acceptors (Lipinski definition) is 3. The minimum atomic E-state index is -4.44. The van der Waals surface area contributed by atoms with Crippen LogP contribution in [0.5, 0.6) is 5.75 Å². The quantitative estimate of drug-likeness (QED) is 0.751. The molecule has 2 aromatic rings. The lowest BCUT2D eigenvalue weighted by Gasteiger charge is -2.25. The monoisotopic (exact) mass is 337 g/mol. The van der Waals surface area contributed by atoms with Gasteiger partial charge in [0.15, 0.2) is 0 Å². The standard InChI is InChI=1S/C17H14F3NO3/c1-9-7-13-15(16(23)21(9)2)12(8-14(22)24-13)10-3-5-11(6-4-10)17(18,19)20/h3-7,12H,8H2,1-2H3. The molecular formula is C17H14F3NO3. The molecule has 0 aliphatic carbocycles. The van der Waals surface area contributed by atoms with Crippen LogP contribution in [0.3, 0.4) is 0 Å². The summed E-state index contributed by atoms with van der Waals surface area (Å²) < 4.78 is 44.7. The van der Waals surface area contributed by atoms with Gasteiger partial charge < -0.3 is 9.30 Å². The van der Waals surface area contributed by atoms with Crippen molar-refractivity contribution in [2.45, 2.75) is 25.4 Å². The number of carbonyl (C=O) groups excluding carboxylic acids is 1. The fraction of sp³-hybridized carbons (Fsp3) is 0.294. The average Bonchev–Trinajstić information content (AvgIpc) is 2.51. The highest BCUT2D eigenvalue weighted by atomic mass is 19.4. The first-order chi connectivity index (χ1) is 11.2. The van der Waals surface area contributed by atoms with E-state index >= 15 is 0 Å². The summed E-state index contributed by atoms with van der Waals surface area (Å²) in [5, 5.41) is 0. The van der Waals surface area contributed by atoms with E-state index in [1.807, 2.05) is 0 Å². The molecule has 24 heavy (non-hydrogen) atoms. The van der Waals surface area contributed by atoms with Crippen LogP contribution in [0.25, 0.3) is 0 Å². The summed E-state index contributed by atoms with van der Waals surface area (Å²) in [7, 11) is 1.60. The second-order valence-corrected chi connectivity index (χ2v) is 5.78. The third kappa shape index (κ3) is 2.70. The molecule has 0 saturated heterocycles. The average molecular weight is 337 g/mol. The zero-order valence-corrected chi connectivity index (χ0v) is 13.0. The molecule has 0 amide bonds. The largest absolute Gasteiger partial charge is 0.426 e. The van der Waals surface area contributed by atoms with Crippen LogP contribution in [-0.4, -0.2) is 10.5 Å². The number of hydrogen-bond donors (Lipinski definition) is 0. The van der Waals surface area contributed by atoms with E-state index < -0.39 is 23.6 Å². The summed E-state index contributed by atoms with van der Waals surface area (Å²) in [5.41, 5.74) is 0.299. The van der Waals surface area contributed by atoms with Gasteiger partial charge in [0.1, 0.15) is 5.75 Å². The fourth-order valence-corrected chi connectivity index (χ4v) is 2.84. The maximum atomic E-state index is 12.7. The number of ether oxygens (including phenoxy) is 1. The van der Waals surface area contributed by atoms with Crippen molar-refractivity contribution in [2.75, 3.05) is 0 Å². The third-order valence-electron chi connectivity index (χ3n) is 4.25. The molecule has 0 radical (unpaired) electrons. The number of esters is 1. The predicted octanol–water partition coefficient (Wildman–Crippen LogP) is 3.15. The first-order valence-corrected chi connectivity index (χ1v) is 7.27. The predicted molar refractivity (Wildman–Crippen MR) is 80.0 cm³/mol. The zero-order valence-electron chi connectivity index (χ0n) is 13.0. The van der Waals surface area contributed by atoms with Gasteiger partial charge in [-0.1, -0.05) is 12.1 Å². The van der Waals surface area contributed by atoms with Crippen LogP contribution in [0.2, 0.25) is 0 Å². The lowest BCUT2D eigenvalue weighted by atomic mass is 9.86. The summed E-state index contributed by atoms with van der Waals surface area (Å²) in [5.74, 6) is -0.959. The van der Waals surface area contributed by atoms with Crippen molar-refractivity contribution in [2.24, 2.45) is 7.05 Å². The number of nitrogens with zero attached hydrogens (tertiary/aromatic N) is 1. The van der Waals surface area contributed by atoms with Crippen LogP contribution < -0.4 is 10.3 Å². The molecule has 7 heteroatoms. The van der Waals surface area contributed by atoms with Gasteiger partial charge in [-0.05, 0) is 24.6 Å². The summed E-state index contributed by atoms with van der Waals surface area (Å²) in [6.07, 6.45) is -4.52. The van der Waals surface area contributed by atoms with Crippen molar-refractivity contribution in [3.05, 3.63) is 63.1 Å². The molecule has 1 aliphatic heterocycles. The molecule has 4 nitrogen and oxygen atoms in total. The van der Waals surface area contributed by atoms with E-state index in [1.54, 1.807) is 20.0 Å². The molecule has 126 valence electrons. The molecule has 0 fully saturated rings. The molecule has 1 aromatic carbocycles. The van der Waals surface area contributed by atoms with Crippen LogP contribution in [0.15, 0.2) is 35.1 Å². The van der Waals surface area contributed by atoms with E-state index in [1.165, 1.54) is 16.7 Å². The molecule has 1 aliphatic rings. The number of pyridine rings is 1. The number of alkyl halides is 3. The highest BCUT2D eigenvalue weighted by molar-refractivity contribution is 5.77. The van der Waals surface area contributed by atoms with E-state index in [4.69, 9.17) is 4.74 Å². The third-order valence-corrected chi connectivity index (χ3v) is 4.25. The molecular weight excluding hydrogens is 323 g/mol. The van der Waals surface area contributed by atoms with Gasteiger partial charge >= 0.3 is 12.1 Å². The van der Waals surface area contributed by atoms with Crippen LogP contribution >= 0.6 is 0 Å². The maximum absolute atomic E-state index is 12.7. The first-order valence-electron chi connectivity index (χ1n) is 7.27. The van der Waals surface area contributed by atoms with Crippen molar-refractivity contribution in [1.82, 2.24) is 4.57 Å². The Balaban J connectivity index is 2.12. The van der Waals surface area contributed by atoms with Crippen LogP contribution in [0.1, 0.15) is 34.7 Å². The van der Waals surface area contributed by atoms with Crippen LogP contribution in [-0.2, 0) is 18.0 Å². The Labute approximate surface area is 135 Å². The summed E-state index contributed by atoms with van der Waals surface area (Å²) in [4.78, 5) is 24.4. The van der Waals surface area contributed by atoms with Gasteiger partial charge in [0, 0.05) is 24.7 Å². The Hall–Kier alpha value is -2.57. The van der Waals surface area contributed by atoms with Crippen molar-refractivity contribution >= 4 is 5.97 Å². The van der Waals surface area contributed by atoms with Crippen molar-refractivity contribution in [3.63, 3.8) is 0 Å². The summed E-state index contributed by atoms with van der Waals surface area (Å²) in [6.45, 7) is 1.71. The lowest BCUT2D eigenvalue weighted by Crippen LogP contribution is -2.32. The van der Waals surface area contributed by atoms with Gasteiger partial charge in [0.05, 0.1) is 17.5 Å². The van der Waals surface area contributed by atoms with E-state index in [9.17, 15) is 22.8 Å². The second-order valence-electron chi connectivity index (χ2n) is 5.78. The van der Waals surface area contributed by atoms with Gasteiger partial charge in [-0.2, -0.15) is 13.2 Å². The Bertz CT molecular complexity index is 866. The molecule has 0 N–H and O–H groups in total. The molecule has 0 bridgehead atoms. The van der Waals surface area contributed by atoms with Gasteiger partial charge in [-0.3, -0.25) is 9.59 Å². The Morgan fingerprint density at radius 2 is 1.79 bits per heavy atom. The maximum Gasteiger partial charge on any atom is 0.416 e. The van der Waals surface area contributed by atoms with Crippen LogP contribution in [0.4, 0.5) is 13.2 Å². The van der Waals surface area contributed by atoms with Crippen molar-refractivity contribution in [3.8, 4) is 5.75 Å². The van der Waals surface area contributed by atoms with Crippen molar-refractivity contribution < 1.29 is 22.7 Å². The summed E-state index contributed by atoms with van der Waals surface area (Å²) >= 11 is 0. The Morgan fingerprint density at radius 1 is 1.17 bits per heavy atom. The fourth-order valence-electron chi connectivity index (χ4n) is 2.84. The van der Waals surface area contributed by atoms with Crippen molar-refractivity contribution in [1.29, 1.82) is 0 Å². The van der Waals surface area contributed by atoms with E-state index in [0.29, 0.717) is 16.8 Å². The minimum Gasteiger partial charge on any atom is -0.426 e. The Kier molecular flexibility index (Phi) is 3.74. The SMILES string of the molecule is Cc1cc2c(c(=O)n1C)C(c1ccc(C(F)(F)F)cc1)CC(=O)O2. The van der Waals surface area contributed by atoms with Gasteiger partial charge in [-0.25, -0.2) is 0 Å². The number of benzene rings is 1. The molecule has 1 atom stereocenters. The number of aryl methyl sites for hydroxylation is 1. The molecule has 2 heterocycles. The lowest BCUT2D eigenvalue weighted by molar-refractivity contribution is -0.138. The van der Waals surface area contributed by atoms with E-state index in [0.717, 1.165) is 12.1 Å². The zero-order chi connectivity index (χ0) is 17.6. The Morgan fingerprint density at radius 3 is 2.38 bits per heavy atom. The van der Waals surface area contributed by atoms with Gasteiger partial charge in [0.2, 0.25) is 0 Å². The van der Waals surface area contributed by atoms with Gasteiger partial charge in [-0.15, -0.1) is 0 Å². The number of carbonyl (C=O) groups is 1. The molecule has 3 rings (SSSR count). The first kappa shape index (κ1) is 16.3. The topological polar surface area (TPSA) is 48.3 Å². The van der Waals surface area contributed by atoms with E-state index in [-0.39, 0.29) is 17.7 Å². The molecule has 0 spiro atoms. The molecule has 1 unspecified atom stereocenters. The number of halogens is 3.